The highest BCUT2D eigenvalue weighted by Crippen LogP contribution is 2.13. The van der Waals surface area contributed by atoms with Crippen LogP contribution in [-0.4, -0.2) is 64.8 Å². The first-order valence-corrected chi connectivity index (χ1v) is 13.8. The minimum absolute atomic E-state index is 0.0234. The Labute approximate surface area is 230 Å². The zero-order valence-corrected chi connectivity index (χ0v) is 23.3. The summed E-state index contributed by atoms with van der Waals surface area (Å²) in [5.41, 5.74) is 2.51. The zero-order valence-electron chi connectivity index (χ0n) is 23.3. The Morgan fingerprint density at radius 1 is 0.897 bits per heavy atom. The number of rotatable bonds is 17. The van der Waals surface area contributed by atoms with E-state index in [1.807, 2.05) is 32.0 Å². The lowest BCUT2D eigenvalue weighted by molar-refractivity contribution is -0.134. The number of aryl methyl sites for hydroxylation is 1. The van der Waals surface area contributed by atoms with Crippen molar-refractivity contribution >= 4 is 11.8 Å². The summed E-state index contributed by atoms with van der Waals surface area (Å²) in [4.78, 5) is 27.0. The molecule has 7 nitrogen and oxygen atoms in total. The normalized spacial score (nSPS) is 13.5. The van der Waals surface area contributed by atoms with Gasteiger partial charge in [-0.25, -0.2) is 8.78 Å². The van der Waals surface area contributed by atoms with E-state index in [9.17, 15) is 28.6 Å². The number of hydrogen-bond acceptors (Lipinski definition) is 5. The van der Waals surface area contributed by atoms with E-state index in [0.717, 1.165) is 43.0 Å². The third kappa shape index (κ3) is 11.8. The molecule has 2 rings (SSSR count). The minimum Gasteiger partial charge on any atom is -0.392 e. The van der Waals surface area contributed by atoms with Gasteiger partial charge in [0.1, 0.15) is 11.6 Å². The Morgan fingerprint density at radius 2 is 1.54 bits per heavy atom. The number of nitrogens with one attached hydrogen (secondary N) is 2. The average molecular weight is 548 g/mol. The van der Waals surface area contributed by atoms with Gasteiger partial charge in [-0.3, -0.25) is 9.59 Å². The van der Waals surface area contributed by atoms with Gasteiger partial charge in [-0.05, 0) is 54.5 Å². The van der Waals surface area contributed by atoms with Crippen LogP contribution in [0.3, 0.4) is 0 Å². The van der Waals surface area contributed by atoms with Crippen molar-refractivity contribution < 1.29 is 28.6 Å². The third-order valence-corrected chi connectivity index (χ3v) is 6.44. The minimum atomic E-state index is -1.19. The van der Waals surface area contributed by atoms with Crippen LogP contribution in [0.25, 0.3) is 0 Å². The Bertz CT molecular complexity index is 1030. The summed E-state index contributed by atoms with van der Waals surface area (Å²) < 4.78 is 27.6. The van der Waals surface area contributed by atoms with Crippen LogP contribution < -0.4 is 10.6 Å². The van der Waals surface area contributed by atoms with Gasteiger partial charge in [0.25, 0.3) is 0 Å². The molecule has 39 heavy (non-hydrogen) atoms. The van der Waals surface area contributed by atoms with E-state index in [2.05, 4.69) is 23.6 Å². The Morgan fingerprint density at radius 3 is 2.15 bits per heavy atom. The summed E-state index contributed by atoms with van der Waals surface area (Å²) in [6.45, 7) is 7.77. The van der Waals surface area contributed by atoms with E-state index >= 15 is 0 Å². The number of halogens is 2. The number of aliphatic hydroxyl groups is 2. The Kier molecular flexibility index (Phi) is 14.0. The smallest absolute Gasteiger partial charge is 0.225 e. The van der Waals surface area contributed by atoms with Crippen LogP contribution in [-0.2, 0) is 29.0 Å². The molecule has 0 aromatic heterocycles. The molecule has 0 aliphatic heterocycles. The Balaban J connectivity index is 2.03. The molecule has 0 radical (unpaired) electrons. The van der Waals surface area contributed by atoms with Gasteiger partial charge in [0, 0.05) is 32.2 Å². The van der Waals surface area contributed by atoms with Gasteiger partial charge in [-0.2, -0.15) is 0 Å². The van der Waals surface area contributed by atoms with Crippen LogP contribution in [0.1, 0.15) is 63.1 Å². The number of benzene rings is 2. The summed E-state index contributed by atoms with van der Waals surface area (Å²) in [5, 5.41) is 27.2. The van der Waals surface area contributed by atoms with E-state index in [1.165, 1.54) is 5.56 Å². The van der Waals surface area contributed by atoms with Crippen molar-refractivity contribution in [3.05, 3.63) is 70.8 Å². The molecule has 4 N–H and O–H groups in total. The first-order chi connectivity index (χ1) is 18.6. The predicted molar refractivity (Wildman–Crippen MR) is 148 cm³/mol. The van der Waals surface area contributed by atoms with E-state index < -0.39 is 35.8 Å². The van der Waals surface area contributed by atoms with Crippen molar-refractivity contribution in [1.29, 1.82) is 0 Å². The molecule has 0 heterocycles. The predicted octanol–water partition coefficient (Wildman–Crippen LogP) is 3.49. The fourth-order valence-electron chi connectivity index (χ4n) is 4.52. The highest BCUT2D eigenvalue weighted by molar-refractivity contribution is 5.80. The molecule has 0 saturated heterocycles. The monoisotopic (exact) mass is 547 g/mol. The molecule has 0 aliphatic carbocycles. The summed E-state index contributed by atoms with van der Waals surface area (Å²) in [5.74, 6) is -2.29. The molecule has 2 aromatic carbocycles. The fraction of sp³-hybridized carbons (Fsp3) is 0.533. The largest absolute Gasteiger partial charge is 0.392 e. The second kappa shape index (κ2) is 16.9. The third-order valence-electron chi connectivity index (χ3n) is 6.44. The quantitative estimate of drug-likeness (QED) is 0.243. The SMILES string of the molecule is CCCN(CCC)C(=O)CC(O)CC(=O)N[C@@H](Cc1cc(F)cc(F)c1)[C@H](O)CNCc1cccc(CC)c1. The molecule has 3 atom stereocenters. The van der Waals surface area contributed by atoms with Gasteiger partial charge >= 0.3 is 0 Å². The maximum absolute atomic E-state index is 13.8. The molecule has 0 aliphatic rings. The second-order valence-corrected chi connectivity index (χ2v) is 9.97. The lowest BCUT2D eigenvalue weighted by Gasteiger charge is -2.26. The number of carbonyl (C=O) groups is 2. The number of nitrogens with zero attached hydrogens (tertiary/aromatic N) is 1. The van der Waals surface area contributed by atoms with Crippen molar-refractivity contribution in [1.82, 2.24) is 15.5 Å². The van der Waals surface area contributed by atoms with Gasteiger partial charge < -0.3 is 25.7 Å². The van der Waals surface area contributed by atoms with Crippen LogP contribution in [0.4, 0.5) is 8.78 Å². The molecule has 2 aromatic rings. The standard InChI is InChI=1S/C30H43F2N3O4/c1-4-10-35(11-5-2)30(39)18-26(36)17-29(38)34-27(15-23-13-24(31)16-25(32)14-23)28(37)20-33-19-22-9-7-8-21(6-3)12-22/h7-9,12-14,16,26-28,33,36-37H,4-6,10-11,15,17-20H2,1-3H3,(H,34,38)/t26?,27-,28+/m0/s1. The first-order valence-electron chi connectivity index (χ1n) is 13.8. The lowest BCUT2D eigenvalue weighted by Crippen LogP contribution is -2.49. The highest BCUT2D eigenvalue weighted by atomic mass is 19.1. The number of aliphatic hydroxyl groups excluding tert-OH is 2. The van der Waals surface area contributed by atoms with E-state index in [1.54, 1.807) is 4.90 Å². The van der Waals surface area contributed by atoms with Crippen molar-refractivity contribution in [2.45, 2.75) is 84.1 Å². The van der Waals surface area contributed by atoms with Gasteiger partial charge in [-0.1, -0.05) is 45.0 Å². The molecule has 1 unspecified atom stereocenters. The maximum Gasteiger partial charge on any atom is 0.225 e. The molecule has 0 fully saturated rings. The van der Waals surface area contributed by atoms with Crippen LogP contribution in [0.15, 0.2) is 42.5 Å². The van der Waals surface area contributed by atoms with Crippen molar-refractivity contribution in [2.75, 3.05) is 19.6 Å². The van der Waals surface area contributed by atoms with Crippen LogP contribution in [0.2, 0.25) is 0 Å². The first kappa shape index (κ1) is 32.3. The van der Waals surface area contributed by atoms with Crippen LogP contribution in [0.5, 0.6) is 0 Å². The van der Waals surface area contributed by atoms with E-state index in [0.29, 0.717) is 19.6 Å². The molecular formula is C30H43F2N3O4. The number of amides is 2. The highest BCUT2D eigenvalue weighted by Gasteiger charge is 2.25. The van der Waals surface area contributed by atoms with Gasteiger partial charge in [-0.15, -0.1) is 0 Å². The van der Waals surface area contributed by atoms with Crippen molar-refractivity contribution in [3.63, 3.8) is 0 Å². The summed E-state index contributed by atoms with van der Waals surface area (Å²) >= 11 is 0. The summed E-state index contributed by atoms with van der Waals surface area (Å²) in [6, 6.07) is 10.2. The van der Waals surface area contributed by atoms with Crippen molar-refractivity contribution in [2.24, 2.45) is 0 Å². The van der Waals surface area contributed by atoms with Gasteiger partial charge in [0.15, 0.2) is 0 Å². The topological polar surface area (TPSA) is 102 Å². The second-order valence-electron chi connectivity index (χ2n) is 9.97. The van der Waals surface area contributed by atoms with Crippen molar-refractivity contribution in [3.8, 4) is 0 Å². The molecule has 0 saturated carbocycles. The Hall–Kier alpha value is -2.88. The zero-order chi connectivity index (χ0) is 28.8. The maximum atomic E-state index is 13.8. The van der Waals surface area contributed by atoms with E-state index in [-0.39, 0.29) is 37.3 Å². The van der Waals surface area contributed by atoms with Crippen LogP contribution >= 0.6 is 0 Å². The van der Waals surface area contributed by atoms with Crippen LogP contribution in [0, 0.1) is 11.6 Å². The number of carbonyl (C=O) groups excluding carboxylic acids is 2. The van der Waals surface area contributed by atoms with E-state index in [4.69, 9.17) is 0 Å². The molecule has 9 heteroatoms. The van der Waals surface area contributed by atoms with Gasteiger partial charge in [0.2, 0.25) is 11.8 Å². The average Bonchev–Trinajstić information content (AvgIpc) is 2.87. The molecule has 2 amide bonds. The molecule has 0 spiro atoms. The van der Waals surface area contributed by atoms with Gasteiger partial charge in [0.05, 0.1) is 31.1 Å². The molecule has 216 valence electrons. The molecular weight excluding hydrogens is 504 g/mol. The summed E-state index contributed by atoms with van der Waals surface area (Å²) in [6.07, 6.45) is -0.336. The lowest BCUT2D eigenvalue weighted by atomic mass is 10.00. The molecule has 0 bridgehead atoms. The fourth-order valence-corrected chi connectivity index (χ4v) is 4.52. The summed E-state index contributed by atoms with van der Waals surface area (Å²) in [7, 11) is 0. The number of hydrogen-bond donors (Lipinski definition) is 4.